The molecule has 0 spiro atoms. The minimum absolute atomic E-state index is 0.371. The van der Waals surface area contributed by atoms with Crippen LogP contribution in [0.1, 0.15) is 23.2 Å². The van der Waals surface area contributed by atoms with Crippen molar-refractivity contribution in [2.45, 2.75) is 18.9 Å². The zero-order valence-corrected chi connectivity index (χ0v) is 10.1. The van der Waals surface area contributed by atoms with Gasteiger partial charge in [-0.15, -0.1) is 0 Å². The molecule has 0 saturated carbocycles. The van der Waals surface area contributed by atoms with Crippen molar-refractivity contribution in [2.24, 2.45) is 5.73 Å². The largest absolute Gasteiger partial charge is 0.367 e. The molecule has 4 heteroatoms. The quantitative estimate of drug-likeness (QED) is 0.815. The molecule has 92 valence electrons. The van der Waals surface area contributed by atoms with Crippen LogP contribution in [0.15, 0.2) is 24.3 Å². The van der Waals surface area contributed by atoms with Crippen LogP contribution in [0, 0.1) is 0 Å². The second-order valence-corrected chi connectivity index (χ2v) is 4.46. The summed E-state index contributed by atoms with van der Waals surface area (Å²) in [4.78, 5) is 13.4. The number of anilines is 1. The van der Waals surface area contributed by atoms with E-state index in [1.54, 1.807) is 12.1 Å². The van der Waals surface area contributed by atoms with Gasteiger partial charge in [0.25, 0.3) is 0 Å². The molecule has 1 aliphatic rings. The number of benzene rings is 1. The van der Waals surface area contributed by atoms with Gasteiger partial charge in [-0.05, 0) is 44.2 Å². The maximum Gasteiger partial charge on any atom is 0.248 e. The lowest BCUT2D eigenvalue weighted by Crippen LogP contribution is -2.36. The molecule has 0 radical (unpaired) electrons. The van der Waals surface area contributed by atoms with E-state index in [0.29, 0.717) is 11.6 Å². The smallest absolute Gasteiger partial charge is 0.248 e. The van der Waals surface area contributed by atoms with E-state index in [0.717, 1.165) is 13.1 Å². The molecule has 1 fully saturated rings. The summed E-state index contributed by atoms with van der Waals surface area (Å²) in [7, 11) is 1.98. The average molecular weight is 233 g/mol. The summed E-state index contributed by atoms with van der Waals surface area (Å²) in [5.41, 5.74) is 6.97. The molecule has 2 rings (SSSR count). The fraction of sp³-hybridized carbons (Fsp3) is 0.462. The van der Waals surface area contributed by atoms with Crippen molar-refractivity contribution in [3.63, 3.8) is 0 Å². The van der Waals surface area contributed by atoms with Crippen molar-refractivity contribution in [1.29, 1.82) is 0 Å². The fourth-order valence-corrected chi connectivity index (χ4v) is 2.44. The van der Waals surface area contributed by atoms with Gasteiger partial charge in [0.15, 0.2) is 0 Å². The second kappa shape index (κ2) is 5.19. The molecule has 1 heterocycles. The van der Waals surface area contributed by atoms with Gasteiger partial charge in [0.1, 0.15) is 0 Å². The molecule has 17 heavy (non-hydrogen) atoms. The Morgan fingerprint density at radius 1 is 1.47 bits per heavy atom. The van der Waals surface area contributed by atoms with E-state index in [1.807, 2.05) is 19.2 Å². The van der Waals surface area contributed by atoms with Crippen molar-refractivity contribution in [2.75, 3.05) is 25.0 Å². The number of carbonyl (C=O) groups is 1. The molecule has 1 atom stereocenters. The number of hydrogen-bond acceptors (Lipinski definition) is 3. The fourth-order valence-electron chi connectivity index (χ4n) is 2.44. The van der Waals surface area contributed by atoms with Crippen molar-refractivity contribution < 1.29 is 4.79 Å². The monoisotopic (exact) mass is 233 g/mol. The van der Waals surface area contributed by atoms with Crippen LogP contribution in [0.4, 0.5) is 5.69 Å². The molecule has 1 saturated heterocycles. The molecule has 1 amide bonds. The van der Waals surface area contributed by atoms with E-state index in [2.05, 4.69) is 10.2 Å². The maximum atomic E-state index is 11.0. The lowest BCUT2D eigenvalue weighted by Gasteiger charge is -2.26. The van der Waals surface area contributed by atoms with Crippen LogP contribution >= 0.6 is 0 Å². The van der Waals surface area contributed by atoms with E-state index in [-0.39, 0.29) is 5.91 Å². The van der Waals surface area contributed by atoms with Crippen molar-refractivity contribution in [3.8, 4) is 0 Å². The summed E-state index contributed by atoms with van der Waals surface area (Å²) in [5, 5.41) is 3.22. The highest BCUT2D eigenvalue weighted by Gasteiger charge is 2.23. The SMILES string of the molecule is CNCC1CCCN1c1ccc(C(N)=O)cc1. The summed E-state index contributed by atoms with van der Waals surface area (Å²) in [6, 6.07) is 8.11. The van der Waals surface area contributed by atoms with Crippen LogP contribution in [-0.2, 0) is 0 Å². The summed E-state index contributed by atoms with van der Waals surface area (Å²) >= 11 is 0. The first kappa shape index (κ1) is 11.9. The van der Waals surface area contributed by atoms with Crippen LogP contribution < -0.4 is 16.0 Å². The molecule has 1 aromatic carbocycles. The predicted octanol–water partition coefficient (Wildman–Crippen LogP) is 0.974. The first-order valence-electron chi connectivity index (χ1n) is 6.03. The highest BCUT2D eigenvalue weighted by Crippen LogP contribution is 2.25. The molecule has 1 aliphatic heterocycles. The Kier molecular flexibility index (Phi) is 3.64. The van der Waals surface area contributed by atoms with Gasteiger partial charge in [0.2, 0.25) is 5.91 Å². The average Bonchev–Trinajstić information content (AvgIpc) is 2.78. The van der Waals surface area contributed by atoms with Gasteiger partial charge in [0.05, 0.1) is 0 Å². The molecule has 4 nitrogen and oxygen atoms in total. The molecular formula is C13H19N3O. The molecule has 0 aromatic heterocycles. The van der Waals surface area contributed by atoms with E-state index < -0.39 is 0 Å². The molecule has 0 aliphatic carbocycles. The standard InChI is InChI=1S/C13H19N3O/c1-15-9-12-3-2-8-16(12)11-6-4-10(5-7-11)13(14)17/h4-7,12,15H,2-3,8-9H2,1H3,(H2,14,17). The molecular weight excluding hydrogens is 214 g/mol. The van der Waals surface area contributed by atoms with Gasteiger partial charge < -0.3 is 16.0 Å². The minimum atomic E-state index is -0.371. The van der Waals surface area contributed by atoms with Gasteiger partial charge in [-0.3, -0.25) is 4.79 Å². The van der Waals surface area contributed by atoms with Gasteiger partial charge >= 0.3 is 0 Å². The summed E-state index contributed by atoms with van der Waals surface area (Å²) in [5.74, 6) is -0.371. The second-order valence-electron chi connectivity index (χ2n) is 4.46. The third kappa shape index (κ3) is 2.58. The van der Waals surface area contributed by atoms with Crippen molar-refractivity contribution in [3.05, 3.63) is 29.8 Å². The highest BCUT2D eigenvalue weighted by atomic mass is 16.1. The van der Waals surface area contributed by atoms with Gasteiger partial charge in [-0.1, -0.05) is 0 Å². The topological polar surface area (TPSA) is 58.4 Å². The first-order chi connectivity index (χ1) is 8.22. The summed E-state index contributed by atoms with van der Waals surface area (Å²) in [6.45, 7) is 2.08. The molecule has 0 bridgehead atoms. The predicted molar refractivity (Wildman–Crippen MR) is 69.3 cm³/mol. The first-order valence-corrected chi connectivity index (χ1v) is 6.03. The Bertz CT molecular complexity index is 388. The third-order valence-electron chi connectivity index (χ3n) is 3.30. The number of primary amides is 1. The van der Waals surface area contributed by atoms with Gasteiger partial charge in [-0.25, -0.2) is 0 Å². The Morgan fingerprint density at radius 2 is 2.18 bits per heavy atom. The Morgan fingerprint density at radius 3 is 2.76 bits per heavy atom. The van der Waals surface area contributed by atoms with Crippen molar-refractivity contribution >= 4 is 11.6 Å². The maximum absolute atomic E-state index is 11.0. The molecule has 1 aromatic rings. The van der Waals surface area contributed by atoms with Crippen LogP contribution in [0.2, 0.25) is 0 Å². The summed E-state index contributed by atoms with van der Waals surface area (Å²) < 4.78 is 0. The van der Waals surface area contributed by atoms with Crippen molar-refractivity contribution in [1.82, 2.24) is 5.32 Å². The van der Waals surface area contributed by atoms with E-state index in [4.69, 9.17) is 5.73 Å². The van der Waals surface area contributed by atoms with E-state index in [1.165, 1.54) is 18.5 Å². The van der Waals surface area contributed by atoms with Crippen LogP contribution in [-0.4, -0.2) is 32.1 Å². The Balaban J connectivity index is 2.13. The van der Waals surface area contributed by atoms with E-state index in [9.17, 15) is 4.79 Å². The van der Waals surface area contributed by atoms with Crippen LogP contribution in [0.5, 0.6) is 0 Å². The van der Waals surface area contributed by atoms with E-state index >= 15 is 0 Å². The number of likely N-dealkylation sites (N-methyl/N-ethyl adjacent to an activating group) is 1. The number of nitrogens with zero attached hydrogens (tertiary/aromatic N) is 1. The number of nitrogens with two attached hydrogens (primary N) is 1. The Hall–Kier alpha value is -1.55. The van der Waals surface area contributed by atoms with Gasteiger partial charge in [0, 0.05) is 30.4 Å². The lowest BCUT2D eigenvalue weighted by atomic mass is 10.1. The Labute approximate surface area is 102 Å². The number of carbonyl (C=O) groups excluding carboxylic acids is 1. The normalized spacial score (nSPS) is 19.6. The lowest BCUT2D eigenvalue weighted by molar-refractivity contribution is 0.100. The molecule has 3 N–H and O–H groups in total. The highest BCUT2D eigenvalue weighted by molar-refractivity contribution is 5.93. The minimum Gasteiger partial charge on any atom is -0.367 e. The number of nitrogens with one attached hydrogen (secondary N) is 1. The number of rotatable bonds is 4. The van der Waals surface area contributed by atoms with Crippen LogP contribution in [0.25, 0.3) is 0 Å². The summed E-state index contributed by atoms with van der Waals surface area (Å²) in [6.07, 6.45) is 2.45. The zero-order valence-electron chi connectivity index (χ0n) is 10.1. The molecule has 1 unspecified atom stereocenters. The number of amides is 1. The number of hydrogen-bond donors (Lipinski definition) is 2. The zero-order chi connectivity index (χ0) is 12.3. The third-order valence-corrected chi connectivity index (χ3v) is 3.30. The van der Waals surface area contributed by atoms with Crippen LogP contribution in [0.3, 0.4) is 0 Å². The van der Waals surface area contributed by atoms with Gasteiger partial charge in [-0.2, -0.15) is 0 Å².